The molecule has 0 saturated heterocycles. The van der Waals surface area contributed by atoms with Gasteiger partial charge in [-0.1, -0.05) is 31.7 Å². The van der Waals surface area contributed by atoms with Crippen molar-refractivity contribution in [2.24, 2.45) is 5.73 Å². The molecule has 78 valence electrons. The minimum atomic E-state index is 0.212. The molecule has 0 aliphatic heterocycles. The first-order valence-electron chi connectivity index (χ1n) is 4.61. The van der Waals surface area contributed by atoms with Crippen molar-refractivity contribution in [2.45, 2.75) is 13.3 Å². The number of hydrogen-bond acceptors (Lipinski definition) is 3. The smallest absolute Gasteiger partial charge is 0.101 e. The van der Waals surface area contributed by atoms with Gasteiger partial charge in [-0.15, -0.1) is 0 Å². The molecule has 0 unspecified atom stereocenters. The average molecular weight is 201 g/mol. The van der Waals surface area contributed by atoms with Crippen LogP contribution in [0.2, 0.25) is 0 Å². The summed E-state index contributed by atoms with van der Waals surface area (Å²) >= 11 is 0. The molecule has 0 aromatic heterocycles. The van der Waals surface area contributed by atoms with Crippen molar-refractivity contribution in [3.8, 4) is 6.07 Å². The number of nitrogens with two attached hydrogens (primary N) is 1. The molecule has 3 N–H and O–H groups in total. The summed E-state index contributed by atoms with van der Waals surface area (Å²) in [5.41, 5.74) is 6.89. The van der Waals surface area contributed by atoms with Gasteiger partial charge in [0.2, 0.25) is 0 Å². The Labute approximate surface area is 90.4 Å². The van der Waals surface area contributed by atoms with E-state index in [1.807, 2.05) is 25.1 Å². The zero-order valence-electron chi connectivity index (χ0n) is 8.83. The Morgan fingerprint density at radius 3 is 2.67 bits per heavy atom. The van der Waals surface area contributed by atoms with E-state index in [9.17, 15) is 0 Å². The Morgan fingerprint density at radius 1 is 1.60 bits per heavy atom. The van der Waals surface area contributed by atoms with Crippen molar-refractivity contribution < 1.29 is 0 Å². The number of hydrogen-bond donors (Lipinski definition) is 2. The molecule has 0 aliphatic carbocycles. The molecule has 0 spiro atoms. The van der Waals surface area contributed by atoms with Gasteiger partial charge in [-0.05, 0) is 12.5 Å². The summed E-state index contributed by atoms with van der Waals surface area (Å²) in [6.45, 7) is 5.59. The Bertz CT molecular complexity index is 365. The Balaban J connectivity index is 5.16. The van der Waals surface area contributed by atoms with Crippen molar-refractivity contribution >= 4 is 6.21 Å². The maximum Gasteiger partial charge on any atom is 0.101 e. The lowest BCUT2D eigenvalue weighted by molar-refractivity contribution is 1.22. The molecule has 0 rings (SSSR count). The predicted octanol–water partition coefficient (Wildman–Crippen LogP) is 2.45. The third-order valence-electron chi connectivity index (χ3n) is 1.72. The lowest BCUT2D eigenvalue weighted by Crippen LogP contribution is -2.02. The summed E-state index contributed by atoms with van der Waals surface area (Å²) in [5, 5.41) is 15.8. The quantitative estimate of drug-likeness (QED) is 0.407. The highest BCUT2D eigenvalue weighted by Gasteiger charge is 2.02. The van der Waals surface area contributed by atoms with Gasteiger partial charge < -0.3 is 11.1 Å². The van der Waals surface area contributed by atoms with Crippen molar-refractivity contribution in [3.05, 3.63) is 47.7 Å². The lowest BCUT2D eigenvalue weighted by Gasteiger charge is -2.01. The summed E-state index contributed by atoms with van der Waals surface area (Å²) in [5.74, 6) is 0. The first kappa shape index (κ1) is 12.9. The third-order valence-corrected chi connectivity index (χ3v) is 1.72. The molecule has 0 heterocycles. The van der Waals surface area contributed by atoms with Gasteiger partial charge in [-0.2, -0.15) is 5.26 Å². The Hall–Kier alpha value is -2.08. The minimum Gasteiger partial charge on any atom is -0.398 e. The molecule has 0 saturated carbocycles. The molecular formula is C12H15N3. The molecule has 3 nitrogen and oxygen atoms in total. The molecule has 0 aliphatic rings. The van der Waals surface area contributed by atoms with E-state index in [2.05, 4.69) is 6.58 Å². The summed E-state index contributed by atoms with van der Waals surface area (Å²) in [4.78, 5) is 0. The van der Waals surface area contributed by atoms with E-state index in [1.165, 1.54) is 6.08 Å². The Morgan fingerprint density at radius 2 is 2.27 bits per heavy atom. The van der Waals surface area contributed by atoms with E-state index >= 15 is 0 Å². The first-order chi connectivity index (χ1) is 7.21. The zero-order chi connectivity index (χ0) is 11.7. The number of nitriles is 1. The second-order valence-corrected chi connectivity index (χ2v) is 2.75. The second-order valence-electron chi connectivity index (χ2n) is 2.75. The molecule has 0 bridgehead atoms. The number of nitrogens with zero attached hydrogens (tertiary/aromatic N) is 1. The summed E-state index contributed by atoms with van der Waals surface area (Å²) in [6, 6.07) is 1.89. The van der Waals surface area contributed by atoms with Crippen molar-refractivity contribution in [3.63, 3.8) is 0 Å². The molecular weight excluding hydrogens is 186 g/mol. The van der Waals surface area contributed by atoms with Crippen LogP contribution in [0.25, 0.3) is 0 Å². The molecule has 0 fully saturated rings. The van der Waals surface area contributed by atoms with Gasteiger partial charge >= 0.3 is 0 Å². The van der Waals surface area contributed by atoms with Crippen LogP contribution in [0.1, 0.15) is 13.3 Å². The van der Waals surface area contributed by atoms with Gasteiger partial charge in [0.25, 0.3) is 0 Å². The van der Waals surface area contributed by atoms with Gasteiger partial charge in [-0.25, -0.2) is 0 Å². The molecule has 3 heteroatoms. The molecule has 0 aromatic rings. The van der Waals surface area contributed by atoms with E-state index < -0.39 is 0 Å². The summed E-state index contributed by atoms with van der Waals surface area (Å²) in [6.07, 6.45) is 8.84. The zero-order valence-corrected chi connectivity index (χ0v) is 8.83. The van der Waals surface area contributed by atoms with E-state index in [-0.39, 0.29) is 5.57 Å². The van der Waals surface area contributed by atoms with Crippen LogP contribution >= 0.6 is 0 Å². The van der Waals surface area contributed by atoms with Crippen LogP contribution in [0.4, 0.5) is 0 Å². The molecule has 0 radical (unpaired) electrons. The SMILES string of the molecule is C=CC(/C(N)=C/C=C\CC)=C(/C#N)C=N. The average Bonchev–Trinajstić information content (AvgIpc) is 2.25. The lowest BCUT2D eigenvalue weighted by atomic mass is 10.1. The van der Waals surface area contributed by atoms with Crippen LogP contribution in [0, 0.1) is 16.7 Å². The van der Waals surface area contributed by atoms with Crippen molar-refractivity contribution in [2.75, 3.05) is 0 Å². The van der Waals surface area contributed by atoms with Crippen LogP contribution in [-0.4, -0.2) is 6.21 Å². The van der Waals surface area contributed by atoms with E-state index in [0.29, 0.717) is 11.3 Å². The monoisotopic (exact) mass is 201 g/mol. The number of rotatable bonds is 5. The summed E-state index contributed by atoms with van der Waals surface area (Å²) in [7, 11) is 0. The van der Waals surface area contributed by atoms with Crippen LogP contribution in [-0.2, 0) is 0 Å². The van der Waals surface area contributed by atoms with Crippen LogP contribution in [0.5, 0.6) is 0 Å². The van der Waals surface area contributed by atoms with Crippen LogP contribution in [0.15, 0.2) is 47.7 Å². The molecule has 15 heavy (non-hydrogen) atoms. The summed E-state index contributed by atoms with van der Waals surface area (Å²) < 4.78 is 0. The van der Waals surface area contributed by atoms with Gasteiger partial charge in [0.15, 0.2) is 0 Å². The van der Waals surface area contributed by atoms with E-state index in [0.717, 1.165) is 12.6 Å². The first-order valence-corrected chi connectivity index (χ1v) is 4.61. The third kappa shape index (κ3) is 4.10. The topological polar surface area (TPSA) is 73.7 Å². The highest BCUT2D eigenvalue weighted by atomic mass is 14.6. The standard InChI is InChI=1S/C12H15N3/c1-3-5-6-7-12(15)11(4-2)10(8-13)9-14/h4-8,13H,2-3,15H2,1H3/b6-5-,11-10-,12-7-,13-8?. The minimum absolute atomic E-state index is 0.212. The predicted molar refractivity (Wildman–Crippen MR) is 63.3 cm³/mol. The van der Waals surface area contributed by atoms with E-state index in [1.54, 1.807) is 6.08 Å². The molecule has 0 aromatic carbocycles. The van der Waals surface area contributed by atoms with Crippen LogP contribution < -0.4 is 5.73 Å². The maximum atomic E-state index is 8.74. The second kappa shape index (κ2) is 7.34. The molecule has 0 atom stereocenters. The van der Waals surface area contributed by atoms with E-state index in [4.69, 9.17) is 16.4 Å². The Kier molecular flexibility index (Phi) is 6.32. The fourth-order valence-corrected chi connectivity index (χ4v) is 0.951. The van der Waals surface area contributed by atoms with Gasteiger partial charge in [0.05, 0.1) is 5.57 Å². The molecule has 0 amide bonds. The van der Waals surface area contributed by atoms with Gasteiger partial charge in [0, 0.05) is 17.5 Å². The fourth-order valence-electron chi connectivity index (χ4n) is 0.951. The van der Waals surface area contributed by atoms with Gasteiger partial charge in [-0.3, -0.25) is 0 Å². The normalized spacial score (nSPS) is 13.2. The maximum absolute atomic E-state index is 8.74. The van der Waals surface area contributed by atoms with Crippen molar-refractivity contribution in [1.82, 2.24) is 0 Å². The fraction of sp³-hybridized carbons (Fsp3) is 0.167. The highest BCUT2D eigenvalue weighted by Crippen LogP contribution is 2.10. The van der Waals surface area contributed by atoms with Crippen molar-refractivity contribution in [1.29, 1.82) is 10.7 Å². The number of nitrogens with one attached hydrogen (secondary N) is 1. The van der Waals surface area contributed by atoms with Crippen LogP contribution in [0.3, 0.4) is 0 Å². The number of allylic oxidation sites excluding steroid dienone is 5. The largest absolute Gasteiger partial charge is 0.398 e. The van der Waals surface area contributed by atoms with Gasteiger partial charge in [0.1, 0.15) is 6.07 Å². The highest BCUT2D eigenvalue weighted by molar-refractivity contribution is 5.84.